The molecule has 0 saturated heterocycles. The molecule has 1 N–H and O–H groups in total. The van der Waals surface area contributed by atoms with Gasteiger partial charge in [0.05, 0.1) is 12.2 Å². The van der Waals surface area contributed by atoms with Crippen molar-refractivity contribution in [2.24, 2.45) is 5.92 Å². The third-order valence-corrected chi connectivity index (χ3v) is 13.2. The Balaban J connectivity index is 2.68. The minimum absolute atomic E-state index is 0.0402. The van der Waals surface area contributed by atoms with Crippen molar-refractivity contribution in [3.8, 4) is 11.5 Å². The molecule has 1 aliphatic carbocycles. The lowest BCUT2D eigenvalue weighted by Crippen LogP contribution is -2.49. The summed E-state index contributed by atoms with van der Waals surface area (Å²) in [4.78, 5) is 0. The monoisotopic (exact) mass is 550 g/mol. The van der Waals surface area contributed by atoms with Crippen molar-refractivity contribution in [3.05, 3.63) is 34.9 Å². The van der Waals surface area contributed by atoms with Gasteiger partial charge in [-0.3, -0.25) is 0 Å². The third-order valence-electron chi connectivity index (χ3n) is 8.36. The summed E-state index contributed by atoms with van der Waals surface area (Å²) in [5.74, 6) is 1.70. The molecule has 0 heterocycles. The van der Waals surface area contributed by atoms with E-state index in [1.165, 1.54) is 18.4 Å². The van der Waals surface area contributed by atoms with E-state index in [0.717, 1.165) is 66.5 Å². The summed E-state index contributed by atoms with van der Waals surface area (Å²) >= 11 is 0. The molecule has 0 unspecified atom stereocenters. The van der Waals surface area contributed by atoms with E-state index >= 15 is 0 Å². The van der Waals surface area contributed by atoms with Crippen LogP contribution in [0.25, 0.3) is 0 Å². The molecule has 1 aromatic carbocycles. The second-order valence-corrected chi connectivity index (χ2v) is 15.9. The molecule has 0 amide bonds. The van der Waals surface area contributed by atoms with Crippen LogP contribution in [0.15, 0.2) is 23.8 Å². The van der Waals surface area contributed by atoms with Crippen molar-refractivity contribution < 1.29 is 28.5 Å². The number of aryl methyl sites for hydroxylation is 1. The Morgan fingerprint density at radius 3 is 1.97 bits per heavy atom. The zero-order valence-electron chi connectivity index (χ0n) is 25.4. The SMILES string of the molecule is CCCCCc1cc(OCOC)c([C@@H]2C=C(CO)CC[C@H]2C(C)(C)O[Si](CC)(CC)CC)c(OCOC)c1. The highest BCUT2D eigenvalue weighted by atomic mass is 28.4. The summed E-state index contributed by atoms with van der Waals surface area (Å²) in [5.41, 5.74) is 2.87. The van der Waals surface area contributed by atoms with E-state index in [9.17, 15) is 5.11 Å². The van der Waals surface area contributed by atoms with Gasteiger partial charge in [0.1, 0.15) is 11.5 Å². The Hall–Kier alpha value is -1.38. The molecule has 38 heavy (non-hydrogen) atoms. The zero-order valence-corrected chi connectivity index (χ0v) is 26.4. The highest BCUT2D eigenvalue weighted by molar-refractivity contribution is 6.73. The summed E-state index contributed by atoms with van der Waals surface area (Å²) in [6, 6.07) is 7.62. The van der Waals surface area contributed by atoms with Gasteiger partial charge in [-0.25, -0.2) is 0 Å². The van der Waals surface area contributed by atoms with E-state index in [-0.39, 0.29) is 37.6 Å². The van der Waals surface area contributed by atoms with Gasteiger partial charge in [0, 0.05) is 25.7 Å². The van der Waals surface area contributed by atoms with Crippen molar-refractivity contribution in [1.29, 1.82) is 0 Å². The second kappa shape index (κ2) is 16.0. The molecule has 2 atom stereocenters. The van der Waals surface area contributed by atoms with Gasteiger partial charge in [0.2, 0.25) is 0 Å². The first kappa shape index (κ1) is 32.8. The molecule has 7 heteroatoms. The lowest BCUT2D eigenvalue weighted by Gasteiger charge is -2.47. The summed E-state index contributed by atoms with van der Waals surface area (Å²) in [5, 5.41) is 10.1. The molecule has 1 aromatic rings. The van der Waals surface area contributed by atoms with Crippen LogP contribution in [0.4, 0.5) is 0 Å². The fourth-order valence-corrected chi connectivity index (χ4v) is 9.16. The number of rotatable bonds is 18. The Bertz CT molecular complexity index is 827. The van der Waals surface area contributed by atoms with Gasteiger partial charge in [0.25, 0.3) is 0 Å². The first-order chi connectivity index (χ1) is 18.2. The zero-order chi connectivity index (χ0) is 28.2. The summed E-state index contributed by atoms with van der Waals surface area (Å²) < 4.78 is 30.3. The first-order valence-electron chi connectivity index (χ1n) is 14.6. The average Bonchev–Trinajstić information content (AvgIpc) is 2.93. The van der Waals surface area contributed by atoms with Crippen LogP contribution < -0.4 is 9.47 Å². The number of aliphatic hydroxyl groups excluding tert-OH is 1. The lowest BCUT2D eigenvalue weighted by molar-refractivity contribution is 0.0145. The van der Waals surface area contributed by atoms with Crippen molar-refractivity contribution in [1.82, 2.24) is 0 Å². The van der Waals surface area contributed by atoms with Crippen molar-refractivity contribution in [2.45, 2.75) is 110 Å². The quantitative estimate of drug-likeness (QED) is 0.0879. The van der Waals surface area contributed by atoms with Crippen LogP contribution in [0.2, 0.25) is 18.1 Å². The number of unbranched alkanes of at least 4 members (excludes halogenated alkanes) is 2. The summed E-state index contributed by atoms with van der Waals surface area (Å²) in [6.07, 6.45) is 8.45. The number of ether oxygens (including phenoxy) is 4. The van der Waals surface area contributed by atoms with Gasteiger partial charge in [0.15, 0.2) is 21.9 Å². The molecule has 0 fully saturated rings. The Labute approximate surface area is 233 Å². The maximum atomic E-state index is 10.1. The molecule has 0 bridgehead atoms. The Morgan fingerprint density at radius 1 is 0.921 bits per heavy atom. The van der Waals surface area contributed by atoms with E-state index in [1.807, 2.05) is 0 Å². The number of hydrogen-bond acceptors (Lipinski definition) is 6. The molecule has 2 rings (SSSR count). The number of hydrogen-bond donors (Lipinski definition) is 1. The average molecular weight is 551 g/mol. The highest BCUT2D eigenvalue weighted by Crippen LogP contribution is 2.50. The predicted molar refractivity (Wildman–Crippen MR) is 158 cm³/mol. The summed E-state index contributed by atoms with van der Waals surface area (Å²) in [7, 11) is 1.42. The molecule has 0 aromatic heterocycles. The fourth-order valence-electron chi connectivity index (χ4n) is 5.96. The number of methoxy groups -OCH3 is 2. The Morgan fingerprint density at radius 2 is 1.50 bits per heavy atom. The van der Waals surface area contributed by atoms with Gasteiger partial charge in [-0.15, -0.1) is 0 Å². The molecule has 218 valence electrons. The molecule has 0 aliphatic heterocycles. The van der Waals surface area contributed by atoms with Crippen molar-refractivity contribution >= 4 is 8.32 Å². The highest BCUT2D eigenvalue weighted by Gasteiger charge is 2.45. The van der Waals surface area contributed by atoms with Gasteiger partial charge < -0.3 is 28.5 Å². The third kappa shape index (κ3) is 8.56. The minimum Gasteiger partial charge on any atom is -0.467 e. The normalized spacial score (nSPS) is 18.4. The van der Waals surface area contributed by atoms with Crippen LogP contribution in [-0.2, 0) is 20.3 Å². The first-order valence-corrected chi connectivity index (χ1v) is 17.2. The fraction of sp³-hybridized carbons (Fsp3) is 0.742. The van der Waals surface area contributed by atoms with Crippen LogP contribution in [0.5, 0.6) is 11.5 Å². The summed E-state index contributed by atoms with van der Waals surface area (Å²) in [6.45, 7) is 13.9. The van der Waals surface area contributed by atoms with Crippen LogP contribution in [0.3, 0.4) is 0 Å². The molecule has 0 saturated carbocycles. The largest absolute Gasteiger partial charge is 0.467 e. The molecular weight excluding hydrogens is 496 g/mol. The van der Waals surface area contributed by atoms with Crippen LogP contribution in [0, 0.1) is 5.92 Å². The van der Waals surface area contributed by atoms with E-state index in [2.05, 4.69) is 59.8 Å². The molecule has 6 nitrogen and oxygen atoms in total. The van der Waals surface area contributed by atoms with E-state index < -0.39 is 8.32 Å². The van der Waals surface area contributed by atoms with Crippen LogP contribution >= 0.6 is 0 Å². The molecule has 0 radical (unpaired) electrons. The molecule has 1 aliphatic rings. The van der Waals surface area contributed by atoms with Gasteiger partial charge in [-0.05, 0) is 86.9 Å². The van der Waals surface area contributed by atoms with E-state index in [1.54, 1.807) is 14.2 Å². The van der Waals surface area contributed by atoms with Gasteiger partial charge >= 0.3 is 0 Å². The maximum Gasteiger partial charge on any atom is 0.192 e. The number of allylic oxidation sites excluding steroid dienone is 1. The standard InChI is InChI=1S/C31H54O6Si/c1-9-13-14-15-24-19-28(35-22-33-7)30(29(20-24)36-23-34-8)26-18-25(21-32)16-17-27(26)31(5,6)37-38(10-2,11-3)12-4/h18-20,26-27,32H,9-17,21-23H2,1-8H3/t26-,27-/m1/s1. The number of aliphatic hydroxyl groups is 1. The predicted octanol–water partition coefficient (Wildman–Crippen LogP) is 7.60. The van der Waals surface area contributed by atoms with Crippen LogP contribution in [-0.4, -0.2) is 53.4 Å². The van der Waals surface area contributed by atoms with E-state index in [4.69, 9.17) is 23.4 Å². The molecular formula is C31H54O6Si. The van der Waals surface area contributed by atoms with Gasteiger partial charge in [-0.1, -0.05) is 46.6 Å². The molecule has 0 spiro atoms. The topological polar surface area (TPSA) is 66.4 Å². The number of benzene rings is 1. The van der Waals surface area contributed by atoms with Crippen molar-refractivity contribution in [2.75, 3.05) is 34.4 Å². The van der Waals surface area contributed by atoms with E-state index in [0.29, 0.717) is 0 Å². The minimum atomic E-state index is -1.86. The van der Waals surface area contributed by atoms with Crippen LogP contribution in [0.1, 0.15) is 90.7 Å². The van der Waals surface area contributed by atoms with Gasteiger partial charge in [-0.2, -0.15) is 0 Å². The second-order valence-electron chi connectivity index (χ2n) is 11.2. The van der Waals surface area contributed by atoms with Crippen molar-refractivity contribution in [3.63, 3.8) is 0 Å². The smallest absolute Gasteiger partial charge is 0.192 e. The Kier molecular flexibility index (Phi) is 13.8. The maximum absolute atomic E-state index is 10.1. The lowest BCUT2D eigenvalue weighted by atomic mass is 9.69.